The summed E-state index contributed by atoms with van der Waals surface area (Å²) in [7, 11) is -3.80. The van der Waals surface area contributed by atoms with Gasteiger partial charge in [0.2, 0.25) is 0 Å². The molecule has 0 aromatic heterocycles. The molecule has 0 aliphatic carbocycles. The van der Waals surface area contributed by atoms with Crippen molar-refractivity contribution >= 4 is 21.6 Å². The van der Waals surface area contributed by atoms with Gasteiger partial charge in [0.1, 0.15) is 0 Å². The van der Waals surface area contributed by atoms with E-state index in [2.05, 4.69) is 17.0 Å². The number of hydrogen-bond donors (Lipinski definition) is 2. The monoisotopic (exact) mass is 422 g/mol. The summed E-state index contributed by atoms with van der Waals surface area (Å²) in [5.74, 6) is -0.343. The Bertz CT molecular complexity index is 1120. The van der Waals surface area contributed by atoms with E-state index in [0.29, 0.717) is 0 Å². The molecule has 3 aromatic carbocycles. The molecule has 0 spiro atoms. The average molecular weight is 423 g/mol. The number of aryl methyl sites for hydroxylation is 2. The zero-order chi connectivity index (χ0) is 21.7. The van der Waals surface area contributed by atoms with Crippen LogP contribution in [0.15, 0.2) is 77.7 Å². The number of para-hydroxylation sites is 1. The van der Waals surface area contributed by atoms with Crippen LogP contribution in [0.1, 0.15) is 46.9 Å². The second kappa shape index (κ2) is 9.13. The minimum Gasteiger partial charge on any atom is -0.345 e. The van der Waals surface area contributed by atoms with Crippen molar-refractivity contribution in [3.05, 3.63) is 95.1 Å². The van der Waals surface area contributed by atoms with Crippen molar-refractivity contribution in [3.8, 4) is 0 Å². The predicted molar refractivity (Wildman–Crippen MR) is 120 cm³/mol. The molecule has 0 heterocycles. The second-order valence-electron chi connectivity index (χ2n) is 7.25. The number of anilines is 1. The predicted octanol–water partition coefficient (Wildman–Crippen LogP) is 4.85. The first-order valence-electron chi connectivity index (χ1n) is 9.88. The number of amides is 1. The maximum atomic E-state index is 12.9. The van der Waals surface area contributed by atoms with Crippen LogP contribution in [0.25, 0.3) is 0 Å². The molecule has 2 N–H and O–H groups in total. The molecule has 0 unspecified atom stereocenters. The van der Waals surface area contributed by atoms with Crippen molar-refractivity contribution < 1.29 is 13.2 Å². The lowest BCUT2D eigenvalue weighted by Gasteiger charge is -2.17. The molecule has 5 nitrogen and oxygen atoms in total. The van der Waals surface area contributed by atoms with Crippen molar-refractivity contribution in [2.45, 2.75) is 38.1 Å². The van der Waals surface area contributed by atoms with Crippen LogP contribution in [0, 0.1) is 6.92 Å². The Hall–Kier alpha value is -3.12. The van der Waals surface area contributed by atoms with Gasteiger partial charge in [-0.25, -0.2) is 8.42 Å². The van der Waals surface area contributed by atoms with Gasteiger partial charge in [0.25, 0.3) is 15.9 Å². The van der Waals surface area contributed by atoms with Gasteiger partial charge in [0.15, 0.2) is 0 Å². The lowest BCUT2D eigenvalue weighted by atomic mass is 10.0. The molecular weight excluding hydrogens is 396 g/mol. The highest BCUT2D eigenvalue weighted by Gasteiger charge is 2.19. The standard InChI is InChI=1S/C24H26N2O3S/c1-4-19-11-13-20(14-12-19)18(3)25-24(27)22-7-5-6-8-23(22)26-30(28,29)21-15-9-17(2)10-16-21/h5-16,18,26H,4H2,1-3H3,(H,25,27)/t18-/m0/s1. The number of hydrogen-bond acceptors (Lipinski definition) is 3. The topological polar surface area (TPSA) is 75.3 Å². The number of carbonyl (C=O) groups excluding carboxylic acids is 1. The SMILES string of the molecule is CCc1ccc([C@H](C)NC(=O)c2ccccc2NS(=O)(=O)c2ccc(C)cc2)cc1. The first kappa shape index (κ1) is 21.6. The van der Waals surface area contributed by atoms with E-state index in [1.807, 2.05) is 38.1 Å². The third kappa shape index (κ3) is 5.07. The molecule has 0 saturated heterocycles. The van der Waals surface area contributed by atoms with Gasteiger partial charge in [-0.3, -0.25) is 9.52 Å². The summed E-state index contributed by atoms with van der Waals surface area (Å²) in [6.07, 6.45) is 0.954. The molecule has 30 heavy (non-hydrogen) atoms. The lowest BCUT2D eigenvalue weighted by molar-refractivity contribution is 0.0941. The van der Waals surface area contributed by atoms with Gasteiger partial charge in [-0.1, -0.05) is 61.0 Å². The quantitative estimate of drug-likeness (QED) is 0.572. The minimum absolute atomic E-state index is 0.146. The van der Waals surface area contributed by atoms with Gasteiger partial charge >= 0.3 is 0 Å². The molecule has 156 valence electrons. The Morgan fingerprint density at radius 2 is 1.57 bits per heavy atom. The Kier molecular flexibility index (Phi) is 6.57. The van der Waals surface area contributed by atoms with Crippen molar-refractivity contribution in [1.82, 2.24) is 5.32 Å². The highest BCUT2D eigenvalue weighted by Crippen LogP contribution is 2.22. The molecular formula is C24H26N2O3S. The van der Waals surface area contributed by atoms with Crippen LogP contribution < -0.4 is 10.0 Å². The van der Waals surface area contributed by atoms with Crippen LogP contribution in [0.4, 0.5) is 5.69 Å². The van der Waals surface area contributed by atoms with Crippen LogP contribution in [0.3, 0.4) is 0 Å². The highest BCUT2D eigenvalue weighted by atomic mass is 32.2. The average Bonchev–Trinajstić information content (AvgIpc) is 2.74. The van der Waals surface area contributed by atoms with Gasteiger partial charge in [0, 0.05) is 0 Å². The van der Waals surface area contributed by atoms with Crippen molar-refractivity contribution in [2.75, 3.05) is 4.72 Å². The van der Waals surface area contributed by atoms with E-state index in [1.165, 1.54) is 5.56 Å². The molecule has 3 aromatic rings. The molecule has 1 atom stereocenters. The van der Waals surface area contributed by atoms with Crippen molar-refractivity contribution in [3.63, 3.8) is 0 Å². The first-order valence-corrected chi connectivity index (χ1v) is 11.4. The fourth-order valence-corrected chi connectivity index (χ4v) is 4.17. The molecule has 0 radical (unpaired) electrons. The maximum Gasteiger partial charge on any atom is 0.261 e. The Labute approximate surface area is 178 Å². The normalized spacial score (nSPS) is 12.2. The highest BCUT2D eigenvalue weighted by molar-refractivity contribution is 7.92. The second-order valence-corrected chi connectivity index (χ2v) is 8.94. The molecule has 0 bridgehead atoms. The number of sulfonamides is 1. The third-order valence-electron chi connectivity index (χ3n) is 4.98. The zero-order valence-electron chi connectivity index (χ0n) is 17.3. The van der Waals surface area contributed by atoms with Crippen molar-refractivity contribution in [2.24, 2.45) is 0 Å². The van der Waals surface area contributed by atoms with Gasteiger partial charge in [-0.2, -0.15) is 0 Å². The Balaban J connectivity index is 1.80. The van der Waals surface area contributed by atoms with E-state index in [0.717, 1.165) is 17.5 Å². The summed E-state index contributed by atoms with van der Waals surface area (Å²) in [5, 5.41) is 2.95. The van der Waals surface area contributed by atoms with E-state index in [-0.39, 0.29) is 28.1 Å². The van der Waals surface area contributed by atoms with E-state index in [4.69, 9.17) is 0 Å². The molecule has 3 rings (SSSR count). The maximum absolute atomic E-state index is 12.9. The van der Waals surface area contributed by atoms with E-state index >= 15 is 0 Å². The third-order valence-corrected chi connectivity index (χ3v) is 6.36. The molecule has 6 heteroatoms. The number of carbonyl (C=O) groups is 1. The molecule has 0 aliphatic heterocycles. The number of rotatable bonds is 7. The summed E-state index contributed by atoms with van der Waals surface area (Å²) in [6.45, 7) is 5.88. The van der Waals surface area contributed by atoms with Gasteiger partial charge in [-0.05, 0) is 55.7 Å². The van der Waals surface area contributed by atoms with Crippen LogP contribution in [0.5, 0.6) is 0 Å². The molecule has 1 amide bonds. The van der Waals surface area contributed by atoms with Crippen LogP contribution in [-0.2, 0) is 16.4 Å². The summed E-state index contributed by atoms with van der Waals surface area (Å²) in [5.41, 5.74) is 3.69. The lowest BCUT2D eigenvalue weighted by Crippen LogP contribution is -2.28. The Morgan fingerprint density at radius 3 is 2.20 bits per heavy atom. The summed E-state index contributed by atoms with van der Waals surface area (Å²) in [4.78, 5) is 13.0. The summed E-state index contributed by atoms with van der Waals surface area (Å²) >= 11 is 0. The van der Waals surface area contributed by atoms with E-state index in [9.17, 15) is 13.2 Å². The van der Waals surface area contributed by atoms with Gasteiger partial charge in [0.05, 0.1) is 22.2 Å². The molecule has 0 aliphatic rings. The summed E-state index contributed by atoms with van der Waals surface area (Å²) < 4.78 is 28.0. The Morgan fingerprint density at radius 1 is 0.933 bits per heavy atom. The first-order chi connectivity index (χ1) is 14.3. The fraction of sp³-hybridized carbons (Fsp3) is 0.208. The zero-order valence-corrected chi connectivity index (χ0v) is 18.2. The van der Waals surface area contributed by atoms with Crippen molar-refractivity contribution in [1.29, 1.82) is 0 Å². The van der Waals surface area contributed by atoms with E-state index in [1.54, 1.807) is 48.5 Å². The number of benzene rings is 3. The van der Waals surface area contributed by atoms with Gasteiger partial charge in [-0.15, -0.1) is 0 Å². The van der Waals surface area contributed by atoms with Crippen LogP contribution in [0.2, 0.25) is 0 Å². The van der Waals surface area contributed by atoms with Crippen LogP contribution >= 0.6 is 0 Å². The van der Waals surface area contributed by atoms with Gasteiger partial charge < -0.3 is 5.32 Å². The van der Waals surface area contributed by atoms with Crippen LogP contribution in [-0.4, -0.2) is 14.3 Å². The molecule has 0 fully saturated rings. The fourth-order valence-electron chi connectivity index (χ4n) is 3.09. The van der Waals surface area contributed by atoms with E-state index < -0.39 is 10.0 Å². The number of nitrogens with one attached hydrogen (secondary N) is 2. The largest absolute Gasteiger partial charge is 0.345 e. The molecule has 0 saturated carbocycles. The minimum atomic E-state index is -3.80. The summed E-state index contributed by atoms with van der Waals surface area (Å²) in [6, 6.07) is 21.0. The smallest absolute Gasteiger partial charge is 0.261 e.